The van der Waals surface area contributed by atoms with Crippen molar-refractivity contribution in [2.45, 2.75) is 19.4 Å². The second-order valence-electron chi connectivity index (χ2n) is 4.68. The Balaban J connectivity index is 1.70. The second kappa shape index (κ2) is 8.66. The minimum Gasteiger partial charge on any atom is -0.364 e. The van der Waals surface area contributed by atoms with E-state index in [9.17, 15) is 0 Å². The van der Waals surface area contributed by atoms with E-state index in [1.807, 2.05) is 18.2 Å². The minimum absolute atomic E-state index is 0.569. The Morgan fingerprint density at radius 2 is 2.14 bits per heavy atom. The van der Waals surface area contributed by atoms with E-state index in [-0.39, 0.29) is 0 Å². The van der Waals surface area contributed by atoms with Crippen molar-refractivity contribution in [1.29, 1.82) is 0 Å². The van der Waals surface area contributed by atoms with E-state index in [0.717, 1.165) is 36.6 Å². The zero-order valence-electron chi connectivity index (χ0n) is 12.3. The number of guanidine groups is 1. The topological polar surface area (TPSA) is 62.5 Å². The van der Waals surface area contributed by atoms with E-state index in [4.69, 9.17) is 27.7 Å². The molecule has 2 N–H and O–H groups in total. The number of aliphatic imine (C=N–C) groups is 1. The zero-order valence-corrected chi connectivity index (χ0v) is 13.8. The molecule has 2 aromatic rings. The smallest absolute Gasteiger partial charge is 0.191 e. The van der Waals surface area contributed by atoms with Gasteiger partial charge < -0.3 is 15.2 Å². The molecule has 0 saturated heterocycles. The largest absolute Gasteiger partial charge is 0.364 e. The molecule has 7 heteroatoms. The molecule has 0 aliphatic rings. The lowest BCUT2D eigenvalue weighted by Gasteiger charge is -2.11. The van der Waals surface area contributed by atoms with E-state index in [1.165, 1.54) is 0 Å². The minimum atomic E-state index is 0.569. The summed E-state index contributed by atoms with van der Waals surface area (Å²) >= 11 is 12.0. The molecule has 1 aromatic heterocycles. The van der Waals surface area contributed by atoms with Crippen molar-refractivity contribution in [2.24, 2.45) is 4.99 Å². The van der Waals surface area contributed by atoms with E-state index in [0.29, 0.717) is 16.6 Å². The SMILES string of the molecule is CN=C(NCCCc1ccc(Cl)cc1Cl)NCc1ccon1. The quantitative estimate of drug-likeness (QED) is 0.481. The molecule has 0 atom stereocenters. The standard InChI is InChI=1S/C15H18Cl2N4O/c1-18-15(20-10-13-6-8-22-21-13)19-7-2-3-11-4-5-12(16)9-14(11)17/h4-6,8-9H,2-3,7,10H2,1H3,(H2,18,19,20). The molecule has 0 aliphatic carbocycles. The fourth-order valence-corrected chi connectivity index (χ4v) is 2.44. The van der Waals surface area contributed by atoms with Crippen LogP contribution in [0.15, 0.2) is 40.0 Å². The van der Waals surface area contributed by atoms with Crippen molar-refractivity contribution in [2.75, 3.05) is 13.6 Å². The van der Waals surface area contributed by atoms with Gasteiger partial charge in [-0.2, -0.15) is 0 Å². The Bertz CT molecular complexity index is 614. The number of halogens is 2. The van der Waals surface area contributed by atoms with Crippen LogP contribution in [0, 0.1) is 0 Å². The fraction of sp³-hybridized carbons (Fsp3) is 0.333. The molecule has 2 rings (SSSR count). The Labute approximate surface area is 139 Å². The molecule has 0 radical (unpaired) electrons. The number of nitrogens with zero attached hydrogens (tertiary/aromatic N) is 2. The van der Waals surface area contributed by atoms with Crippen LogP contribution in [-0.2, 0) is 13.0 Å². The van der Waals surface area contributed by atoms with E-state index < -0.39 is 0 Å². The molecule has 5 nitrogen and oxygen atoms in total. The summed E-state index contributed by atoms with van der Waals surface area (Å²) in [6.07, 6.45) is 3.36. The van der Waals surface area contributed by atoms with Crippen LogP contribution in [0.4, 0.5) is 0 Å². The van der Waals surface area contributed by atoms with Crippen LogP contribution in [-0.4, -0.2) is 24.7 Å². The maximum Gasteiger partial charge on any atom is 0.191 e. The predicted octanol–water partition coefficient (Wildman–Crippen LogP) is 3.28. The first-order valence-electron chi connectivity index (χ1n) is 6.96. The summed E-state index contributed by atoms with van der Waals surface area (Å²) in [5.41, 5.74) is 1.93. The maximum atomic E-state index is 6.15. The Morgan fingerprint density at radius 1 is 1.27 bits per heavy atom. The van der Waals surface area contributed by atoms with E-state index in [2.05, 4.69) is 20.8 Å². The molecule has 0 spiro atoms. The number of aryl methyl sites for hydroxylation is 1. The lowest BCUT2D eigenvalue weighted by Crippen LogP contribution is -2.37. The van der Waals surface area contributed by atoms with Crippen LogP contribution < -0.4 is 10.6 Å². The highest BCUT2D eigenvalue weighted by Crippen LogP contribution is 2.21. The van der Waals surface area contributed by atoms with Crippen molar-refractivity contribution in [3.8, 4) is 0 Å². The van der Waals surface area contributed by atoms with Gasteiger partial charge in [-0.15, -0.1) is 0 Å². The number of benzene rings is 1. The molecule has 0 aliphatic heterocycles. The average molecular weight is 341 g/mol. The molecule has 22 heavy (non-hydrogen) atoms. The van der Waals surface area contributed by atoms with Crippen LogP contribution >= 0.6 is 23.2 Å². The van der Waals surface area contributed by atoms with Gasteiger partial charge in [-0.3, -0.25) is 4.99 Å². The molecule has 118 valence electrons. The molecule has 0 unspecified atom stereocenters. The third-order valence-electron chi connectivity index (χ3n) is 3.08. The van der Waals surface area contributed by atoms with Crippen molar-refractivity contribution < 1.29 is 4.52 Å². The third-order valence-corrected chi connectivity index (χ3v) is 3.67. The maximum absolute atomic E-state index is 6.15. The van der Waals surface area contributed by atoms with Gasteiger partial charge in [-0.1, -0.05) is 34.4 Å². The van der Waals surface area contributed by atoms with Gasteiger partial charge in [0.25, 0.3) is 0 Å². The summed E-state index contributed by atoms with van der Waals surface area (Å²) in [4.78, 5) is 4.15. The lowest BCUT2D eigenvalue weighted by molar-refractivity contribution is 0.410. The Morgan fingerprint density at radius 3 is 2.82 bits per heavy atom. The zero-order chi connectivity index (χ0) is 15.8. The van der Waals surface area contributed by atoms with E-state index >= 15 is 0 Å². The van der Waals surface area contributed by atoms with Crippen molar-refractivity contribution in [1.82, 2.24) is 15.8 Å². The summed E-state index contributed by atoms with van der Waals surface area (Å²) < 4.78 is 4.78. The van der Waals surface area contributed by atoms with Crippen molar-refractivity contribution in [3.05, 3.63) is 51.8 Å². The molecule has 1 heterocycles. The highest BCUT2D eigenvalue weighted by Gasteiger charge is 2.03. The van der Waals surface area contributed by atoms with Gasteiger partial charge in [0, 0.05) is 29.7 Å². The van der Waals surface area contributed by atoms with Crippen LogP contribution in [0.2, 0.25) is 10.0 Å². The first-order valence-corrected chi connectivity index (χ1v) is 7.72. The highest BCUT2D eigenvalue weighted by molar-refractivity contribution is 6.35. The third kappa shape index (κ3) is 5.24. The number of hydrogen-bond donors (Lipinski definition) is 2. The van der Waals surface area contributed by atoms with E-state index in [1.54, 1.807) is 19.4 Å². The summed E-state index contributed by atoms with van der Waals surface area (Å²) in [7, 11) is 1.73. The molecule has 0 saturated carbocycles. The van der Waals surface area contributed by atoms with Crippen LogP contribution in [0.5, 0.6) is 0 Å². The molecular formula is C15H18Cl2N4O. The van der Waals surface area contributed by atoms with Crippen molar-refractivity contribution >= 4 is 29.2 Å². The summed E-state index contributed by atoms with van der Waals surface area (Å²) in [6, 6.07) is 7.39. The number of rotatable bonds is 6. The Kier molecular flexibility index (Phi) is 6.55. The predicted molar refractivity (Wildman–Crippen MR) is 89.5 cm³/mol. The van der Waals surface area contributed by atoms with Gasteiger partial charge in [0.15, 0.2) is 5.96 Å². The van der Waals surface area contributed by atoms with Crippen LogP contribution in [0.3, 0.4) is 0 Å². The highest BCUT2D eigenvalue weighted by atomic mass is 35.5. The van der Waals surface area contributed by atoms with Crippen LogP contribution in [0.25, 0.3) is 0 Å². The molecule has 0 bridgehead atoms. The normalized spacial score (nSPS) is 11.5. The second-order valence-corrected chi connectivity index (χ2v) is 5.53. The first kappa shape index (κ1) is 16.6. The van der Waals surface area contributed by atoms with Gasteiger partial charge in [0.05, 0.1) is 6.54 Å². The Hall–Kier alpha value is -1.72. The molecule has 0 fully saturated rings. The van der Waals surface area contributed by atoms with Gasteiger partial charge in [-0.25, -0.2) is 0 Å². The van der Waals surface area contributed by atoms with Crippen molar-refractivity contribution in [3.63, 3.8) is 0 Å². The van der Waals surface area contributed by atoms with Gasteiger partial charge >= 0.3 is 0 Å². The molecule has 1 aromatic carbocycles. The molecular weight excluding hydrogens is 323 g/mol. The molecule has 0 amide bonds. The summed E-state index contributed by atoms with van der Waals surface area (Å²) in [6.45, 7) is 1.36. The summed E-state index contributed by atoms with van der Waals surface area (Å²) in [5.74, 6) is 0.727. The number of hydrogen-bond acceptors (Lipinski definition) is 3. The monoisotopic (exact) mass is 340 g/mol. The lowest BCUT2D eigenvalue weighted by atomic mass is 10.1. The van der Waals surface area contributed by atoms with Crippen LogP contribution in [0.1, 0.15) is 17.7 Å². The van der Waals surface area contributed by atoms with Gasteiger partial charge in [-0.05, 0) is 30.5 Å². The number of aromatic nitrogens is 1. The fourth-order valence-electron chi connectivity index (χ4n) is 1.93. The van der Waals surface area contributed by atoms with Gasteiger partial charge in [0.2, 0.25) is 0 Å². The summed E-state index contributed by atoms with van der Waals surface area (Å²) in [5, 5.41) is 11.6. The first-order chi connectivity index (χ1) is 10.7. The average Bonchev–Trinajstić information content (AvgIpc) is 3.01. The number of nitrogens with one attached hydrogen (secondary N) is 2. The van der Waals surface area contributed by atoms with Gasteiger partial charge in [0.1, 0.15) is 12.0 Å².